The number of hydrogen-bond donors (Lipinski definition) is 0. The summed E-state index contributed by atoms with van der Waals surface area (Å²) in [5.74, 6) is -0.321. The van der Waals surface area contributed by atoms with Gasteiger partial charge in [-0.3, -0.25) is 4.98 Å². The van der Waals surface area contributed by atoms with Crippen molar-refractivity contribution in [1.29, 1.82) is 0 Å². The number of hydrogen-bond acceptors (Lipinski definition) is 3. The number of pyridine rings is 1. The van der Waals surface area contributed by atoms with Crippen molar-refractivity contribution in [3.8, 4) is 0 Å². The van der Waals surface area contributed by atoms with Crippen molar-refractivity contribution in [2.24, 2.45) is 0 Å². The van der Waals surface area contributed by atoms with Crippen LogP contribution in [-0.4, -0.2) is 17.6 Å². The Balaban J connectivity index is 2.22. The molecule has 86 valence electrons. The Labute approximate surface area is 99.7 Å². The molecule has 0 radical (unpaired) electrons. The zero-order valence-electron chi connectivity index (χ0n) is 9.59. The maximum Gasteiger partial charge on any atom is 0.330 e. The van der Waals surface area contributed by atoms with E-state index in [2.05, 4.69) is 4.98 Å². The first-order valence-electron chi connectivity index (χ1n) is 5.49. The number of benzene rings is 1. The van der Waals surface area contributed by atoms with Gasteiger partial charge in [0.25, 0.3) is 0 Å². The number of carbonyl (C=O) groups is 1. The Morgan fingerprint density at radius 2 is 2.29 bits per heavy atom. The fourth-order valence-electron chi connectivity index (χ4n) is 1.55. The molecule has 0 aliphatic heterocycles. The van der Waals surface area contributed by atoms with E-state index in [1.165, 1.54) is 6.08 Å². The molecule has 0 bridgehead atoms. The molecule has 0 unspecified atom stereocenters. The quantitative estimate of drug-likeness (QED) is 0.598. The zero-order chi connectivity index (χ0) is 12.1. The van der Waals surface area contributed by atoms with Crippen molar-refractivity contribution >= 4 is 22.9 Å². The normalized spacial score (nSPS) is 10.9. The van der Waals surface area contributed by atoms with Crippen LogP contribution in [-0.2, 0) is 9.53 Å². The monoisotopic (exact) mass is 227 g/mol. The van der Waals surface area contributed by atoms with Gasteiger partial charge in [0, 0.05) is 17.7 Å². The molecule has 0 amide bonds. The van der Waals surface area contributed by atoms with E-state index in [9.17, 15) is 4.79 Å². The second kappa shape index (κ2) is 5.25. The molecule has 1 heterocycles. The molecule has 1 aromatic carbocycles. The third kappa shape index (κ3) is 2.91. The SMILES string of the molecule is CCOC(=O)/C=C/c1ccc2ncccc2c1. The number of nitrogens with zero attached hydrogens (tertiary/aromatic N) is 1. The largest absolute Gasteiger partial charge is 0.463 e. The molecule has 1 aromatic heterocycles. The molecule has 0 saturated carbocycles. The number of carbonyl (C=O) groups excluding carboxylic acids is 1. The highest BCUT2D eigenvalue weighted by Gasteiger charge is 1.96. The molecule has 0 N–H and O–H groups in total. The Bertz CT molecular complexity index is 561. The third-order valence-corrected chi connectivity index (χ3v) is 2.33. The number of esters is 1. The molecule has 0 aliphatic carbocycles. The summed E-state index contributed by atoms with van der Waals surface area (Å²) >= 11 is 0. The van der Waals surface area contributed by atoms with Crippen molar-refractivity contribution in [3.05, 3.63) is 48.2 Å². The molecule has 3 nitrogen and oxygen atoms in total. The molecule has 3 heteroatoms. The van der Waals surface area contributed by atoms with Crippen molar-refractivity contribution < 1.29 is 9.53 Å². The third-order valence-electron chi connectivity index (χ3n) is 2.33. The smallest absolute Gasteiger partial charge is 0.330 e. The fraction of sp³-hybridized carbons (Fsp3) is 0.143. The number of rotatable bonds is 3. The summed E-state index contributed by atoms with van der Waals surface area (Å²) in [6, 6.07) is 9.72. The number of aromatic nitrogens is 1. The highest BCUT2D eigenvalue weighted by Crippen LogP contribution is 2.14. The summed E-state index contributed by atoms with van der Waals surface area (Å²) in [4.78, 5) is 15.4. The highest BCUT2D eigenvalue weighted by molar-refractivity contribution is 5.88. The lowest BCUT2D eigenvalue weighted by Crippen LogP contribution is -1.98. The van der Waals surface area contributed by atoms with Crippen LogP contribution in [0.25, 0.3) is 17.0 Å². The summed E-state index contributed by atoms with van der Waals surface area (Å²) < 4.78 is 4.81. The standard InChI is InChI=1S/C14H13NO2/c1-2-17-14(16)8-6-11-5-7-13-12(10-11)4-3-9-15-13/h3-10H,2H2,1H3/b8-6+. The minimum atomic E-state index is -0.321. The predicted octanol–water partition coefficient (Wildman–Crippen LogP) is 2.81. The van der Waals surface area contributed by atoms with Crippen LogP contribution in [0.4, 0.5) is 0 Å². The van der Waals surface area contributed by atoms with E-state index in [1.54, 1.807) is 19.2 Å². The lowest BCUT2D eigenvalue weighted by molar-refractivity contribution is -0.137. The maximum atomic E-state index is 11.2. The fourth-order valence-corrected chi connectivity index (χ4v) is 1.55. The summed E-state index contributed by atoms with van der Waals surface area (Å²) in [6.45, 7) is 2.18. The molecule has 0 atom stereocenters. The predicted molar refractivity (Wildman–Crippen MR) is 67.4 cm³/mol. The lowest BCUT2D eigenvalue weighted by atomic mass is 10.1. The van der Waals surface area contributed by atoms with Crippen molar-refractivity contribution in [1.82, 2.24) is 4.98 Å². The zero-order valence-corrected chi connectivity index (χ0v) is 9.59. The Morgan fingerprint density at radius 3 is 3.12 bits per heavy atom. The van der Waals surface area contributed by atoms with E-state index < -0.39 is 0 Å². The van der Waals surface area contributed by atoms with Gasteiger partial charge in [0.2, 0.25) is 0 Å². The van der Waals surface area contributed by atoms with Gasteiger partial charge in [0.05, 0.1) is 12.1 Å². The van der Waals surface area contributed by atoms with Crippen molar-refractivity contribution in [3.63, 3.8) is 0 Å². The first-order valence-corrected chi connectivity index (χ1v) is 5.49. The van der Waals surface area contributed by atoms with Crippen LogP contribution in [0.5, 0.6) is 0 Å². The first kappa shape index (κ1) is 11.3. The van der Waals surface area contributed by atoms with E-state index in [4.69, 9.17) is 4.74 Å². The average Bonchev–Trinajstić information content (AvgIpc) is 2.36. The van der Waals surface area contributed by atoms with Crippen LogP contribution in [0.1, 0.15) is 12.5 Å². The summed E-state index contributed by atoms with van der Waals surface area (Å²) in [5.41, 5.74) is 1.90. The van der Waals surface area contributed by atoms with Gasteiger partial charge in [-0.15, -0.1) is 0 Å². The van der Waals surface area contributed by atoms with Gasteiger partial charge in [-0.05, 0) is 36.8 Å². The van der Waals surface area contributed by atoms with Gasteiger partial charge in [0.1, 0.15) is 0 Å². The topological polar surface area (TPSA) is 39.2 Å². The second-order valence-electron chi connectivity index (χ2n) is 3.54. The summed E-state index contributed by atoms with van der Waals surface area (Å²) in [6.07, 6.45) is 4.93. The van der Waals surface area contributed by atoms with Crippen molar-refractivity contribution in [2.45, 2.75) is 6.92 Å². The Kier molecular flexibility index (Phi) is 3.50. The molecule has 0 spiro atoms. The van der Waals surface area contributed by atoms with Crippen LogP contribution in [0.2, 0.25) is 0 Å². The van der Waals surface area contributed by atoms with Crippen LogP contribution in [0.3, 0.4) is 0 Å². The van der Waals surface area contributed by atoms with Gasteiger partial charge in [-0.1, -0.05) is 12.1 Å². The minimum absolute atomic E-state index is 0.321. The molecule has 2 aromatic rings. The molecule has 0 fully saturated rings. The molecule has 0 aliphatic rings. The Morgan fingerprint density at radius 1 is 1.41 bits per heavy atom. The van der Waals surface area contributed by atoms with E-state index in [0.29, 0.717) is 6.61 Å². The van der Waals surface area contributed by atoms with Gasteiger partial charge in [-0.25, -0.2) is 4.79 Å². The Hall–Kier alpha value is -2.16. The van der Waals surface area contributed by atoms with Gasteiger partial charge >= 0.3 is 5.97 Å². The lowest BCUT2D eigenvalue weighted by Gasteiger charge is -1.98. The second-order valence-corrected chi connectivity index (χ2v) is 3.54. The molecule has 0 saturated heterocycles. The first-order chi connectivity index (χ1) is 8.29. The van der Waals surface area contributed by atoms with Crippen LogP contribution in [0, 0.1) is 0 Å². The number of fused-ring (bicyclic) bond motifs is 1. The van der Waals surface area contributed by atoms with E-state index in [-0.39, 0.29) is 5.97 Å². The van der Waals surface area contributed by atoms with E-state index in [0.717, 1.165) is 16.5 Å². The molecular weight excluding hydrogens is 214 g/mol. The summed E-state index contributed by atoms with van der Waals surface area (Å²) in [5, 5.41) is 1.05. The van der Waals surface area contributed by atoms with Crippen LogP contribution >= 0.6 is 0 Å². The van der Waals surface area contributed by atoms with Gasteiger partial charge < -0.3 is 4.74 Å². The van der Waals surface area contributed by atoms with E-state index >= 15 is 0 Å². The molecule has 17 heavy (non-hydrogen) atoms. The minimum Gasteiger partial charge on any atom is -0.463 e. The van der Waals surface area contributed by atoms with Crippen LogP contribution < -0.4 is 0 Å². The molecule has 2 rings (SSSR count). The highest BCUT2D eigenvalue weighted by atomic mass is 16.5. The van der Waals surface area contributed by atoms with Gasteiger partial charge in [-0.2, -0.15) is 0 Å². The van der Waals surface area contributed by atoms with Crippen molar-refractivity contribution in [2.75, 3.05) is 6.61 Å². The number of ether oxygens (including phenoxy) is 1. The van der Waals surface area contributed by atoms with Gasteiger partial charge in [0.15, 0.2) is 0 Å². The van der Waals surface area contributed by atoms with Crippen LogP contribution in [0.15, 0.2) is 42.6 Å². The molecular formula is C14H13NO2. The summed E-state index contributed by atoms with van der Waals surface area (Å²) in [7, 11) is 0. The maximum absolute atomic E-state index is 11.2. The average molecular weight is 227 g/mol. The van der Waals surface area contributed by atoms with E-state index in [1.807, 2.05) is 30.3 Å².